The van der Waals surface area contributed by atoms with Crippen molar-refractivity contribution in [3.05, 3.63) is 34.0 Å². The maximum atomic E-state index is 12.6. The minimum atomic E-state index is -2.44. The standard InChI is InChI=1S/C22H31O.3C4H9.Sn/c1-4-21-14-15(3)20-17-9-7-6-8-16(17)10-11-18(20)19(21)12-13-22(21,23)5-2;3*1-3-4-2;/h2,5,8,17-20,23H,3-4,6-7,9-14H2,1H3;3*1,3-4H2,2H3;/t17-,18-,19-,20+,21-,22-;;;;/m0..../s1. The number of rotatable bonds is 12. The summed E-state index contributed by atoms with van der Waals surface area (Å²) in [5.41, 5.74) is 2.68. The fourth-order valence-corrected chi connectivity index (χ4v) is 24.1. The van der Waals surface area contributed by atoms with Crippen molar-refractivity contribution in [2.24, 2.45) is 29.1 Å². The Bertz CT molecular complexity index is 788. The van der Waals surface area contributed by atoms with Crippen molar-refractivity contribution >= 4 is 18.4 Å². The first kappa shape index (κ1) is 29.0. The Balaban J connectivity index is 1.64. The molecule has 4 aliphatic carbocycles. The van der Waals surface area contributed by atoms with Crippen LogP contribution in [0.3, 0.4) is 0 Å². The van der Waals surface area contributed by atoms with E-state index in [9.17, 15) is 5.11 Å². The molecule has 3 saturated carbocycles. The molecule has 1 nitrogen and oxygen atoms in total. The first-order valence-electron chi connectivity index (χ1n) is 16.2. The molecule has 0 unspecified atom stereocenters. The predicted octanol–water partition coefficient (Wildman–Crippen LogP) is 10.2. The Hall–Kier alpha value is -0.0213. The summed E-state index contributed by atoms with van der Waals surface area (Å²) >= 11 is -2.44. The van der Waals surface area contributed by atoms with Crippen molar-refractivity contribution in [1.29, 1.82) is 0 Å². The molecule has 2 heteroatoms. The first-order chi connectivity index (χ1) is 17.4. The molecule has 0 spiro atoms. The Labute approximate surface area is 228 Å². The van der Waals surface area contributed by atoms with Gasteiger partial charge in [0.1, 0.15) is 0 Å². The molecular formula is C34H58OSn. The van der Waals surface area contributed by atoms with Gasteiger partial charge in [0.25, 0.3) is 0 Å². The second-order valence-electron chi connectivity index (χ2n) is 13.5. The molecular weight excluding hydrogens is 543 g/mol. The molecule has 0 aromatic rings. The fourth-order valence-electron chi connectivity index (χ4n) is 9.63. The van der Waals surface area contributed by atoms with Crippen LogP contribution in [0.4, 0.5) is 0 Å². The topological polar surface area (TPSA) is 20.2 Å². The molecule has 0 saturated heterocycles. The van der Waals surface area contributed by atoms with Crippen LogP contribution in [0.2, 0.25) is 13.3 Å². The van der Waals surface area contributed by atoms with Gasteiger partial charge >= 0.3 is 229 Å². The molecule has 0 aliphatic heterocycles. The molecule has 4 rings (SSSR count). The van der Waals surface area contributed by atoms with E-state index in [0.717, 1.165) is 31.1 Å². The van der Waals surface area contributed by atoms with Crippen molar-refractivity contribution < 1.29 is 5.11 Å². The summed E-state index contributed by atoms with van der Waals surface area (Å²) < 4.78 is 7.27. The van der Waals surface area contributed by atoms with Crippen molar-refractivity contribution in [2.75, 3.05) is 0 Å². The second-order valence-corrected chi connectivity index (χ2v) is 26.5. The van der Waals surface area contributed by atoms with Crippen LogP contribution in [0.5, 0.6) is 0 Å². The molecule has 0 radical (unpaired) electrons. The number of aliphatic hydroxyl groups is 1. The zero-order chi connectivity index (χ0) is 25.8. The normalized spacial score (nSPS) is 36.5. The van der Waals surface area contributed by atoms with Crippen LogP contribution >= 0.6 is 0 Å². The summed E-state index contributed by atoms with van der Waals surface area (Å²) in [7, 11) is 0. The van der Waals surface area contributed by atoms with Gasteiger partial charge in [0, 0.05) is 0 Å². The van der Waals surface area contributed by atoms with Crippen molar-refractivity contribution in [1.82, 2.24) is 0 Å². The summed E-state index contributed by atoms with van der Waals surface area (Å²) in [6.45, 7) is 14.3. The maximum absolute atomic E-state index is 12.6. The third-order valence-electron chi connectivity index (χ3n) is 11.6. The van der Waals surface area contributed by atoms with Crippen LogP contribution in [-0.4, -0.2) is 29.1 Å². The van der Waals surface area contributed by atoms with E-state index in [2.05, 4.69) is 43.9 Å². The second kappa shape index (κ2) is 12.4. The van der Waals surface area contributed by atoms with Gasteiger partial charge in [-0.15, -0.1) is 0 Å². The third-order valence-corrected chi connectivity index (χ3v) is 25.7. The zero-order valence-corrected chi connectivity index (χ0v) is 27.3. The van der Waals surface area contributed by atoms with E-state index in [1.807, 2.05) is 0 Å². The quantitative estimate of drug-likeness (QED) is 0.174. The van der Waals surface area contributed by atoms with Gasteiger partial charge in [-0.2, -0.15) is 0 Å². The first-order valence-corrected chi connectivity index (χ1v) is 23.9. The predicted molar refractivity (Wildman–Crippen MR) is 160 cm³/mol. The fraction of sp³-hybridized carbons (Fsp3) is 0.824. The Morgan fingerprint density at radius 1 is 1.00 bits per heavy atom. The summed E-state index contributed by atoms with van der Waals surface area (Å²) in [5, 5.41) is 12.6. The summed E-state index contributed by atoms with van der Waals surface area (Å²) in [4.78, 5) is 0. The number of unbranched alkanes of at least 4 members (excludes halogenated alkanes) is 3. The molecule has 4 aliphatic rings. The van der Waals surface area contributed by atoms with Crippen LogP contribution < -0.4 is 0 Å². The van der Waals surface area contributed by atoms with Gasteiger partial charge in [-0.25, -0.2) is 0 Å². The van der Waals surface area contributed by atoms with Gasteiger partial charge in [-0.05, 0) is 0 Å². The van der Waals surface area contributed by atoms with Gasteiger partial charge < -0.3 is 0 Å². The summed E-state index contributed by atoms with van der Waals surface area (Å²) in [6.07, 6.45) is 24.3. The molecule has 0 bridgehead atoms. The number of hydrogen-bond acceptors (Lipinski definition) is 1. The van der Waals surface area contributed by atoms with Crippen LogP contribution in [0, 0.1) is 29.1 Å². The van der Waals surface area contributed by atoms with E-state index in [4.69, 9.17) is 6.58 Å². The van der Waals surface area contributed by atoms with Crippen LogP contribution in [-0.2, 0) is 0 Å². The van der Waals surface area contributed by atoms with Gasteiger partial charge in [0.2, 0.25) is 0 Å². The summed E-state index contributed by atoms with van der Waals surface area (Å²) in [5.74, 6) is 2.90. The van der Waals surface area contributed by atoms with E-state index in [0.29, 0.717) is 11.8 Å². The minimum absolute atomic E-state index is 0.0233. The van der Waals surface area contributed by atoms with Crippen molar-refractivity contribution in [3.8, 4) is 0 Å². The number of fused-ring (bicyclic) bond motifs is 5. The van der Waals surface area contributed by atoms with Crippen LogP contribution in [0.15, 0.2) is 34.0 Å². The van der Waals surface area contributed by atoms with Gasteiger partial charge in [0.05, 0.1) is 0 Å². The molecule has 36 heavy (non-hydrogen) atoms. The number of hydrogen-bond donors (Lipinski definition) is 1. The van der Waals surface area contributed by atoms with Crippen molar-refractivity contribution in [2.45, 2.75) is 143 Å². The monoisotopic (exact) mass is 602 g/mol. The van der Waals surface area contributed by atoms with Crippen LogP contribution in [0.1, 0.15) is 124 Å². The van der Waals surface area contributed by atoms with E-state index in [1.54, 1.807) is 5.57 Å². The molecule has 0 aromatic carbocycles. The average Bonchev–Trinajstić information content (AvgIpc) is 3.20. The number of allylic oxidation sites excluding steroid dienone is 3. The van der Waals surface area contributed by atoms with Crippen LogP contribution in [0.25, 0.3) is 0 Å². The van der Waals surface area contributed by atoms with E-state index < -0.39 is 24.0 Å². The average molecular weight is 602 g/mol. The zero-order valence-electron chi connectivity index (χ0n) is 24.4. The molecule has 6 atom stereocenters. The molecule has 0 heterocycles. The van der Waals surface area contributed by atoms with Gasteiger partial charge in [-0.3, -0.25) is 0 Å². The third kappa shape index (κ3) is 5.37. The summed E-state index contributed by atoms with van der Waals surface area (Å²) in [6, 6.07) is 0. The van der Waals surface area contributed by atoms with E-state index in [1.165, 1.54) is 95.9 Å². The Morgan fingerprint density at radius 2 is 1.67 bits per heavy atom. The molecule has 0 aromatic heterocycles. The van der Waals surface area contributed by atoms with E-state index >= 15 is 0 Å². The van der Waals surface area contributed by atoms with Gasteiger partial charge in [0.15, 0.2) is 0 Å². The molecule has 204 valence electrons. The Kier molecular flexibility index (Phi) is 10.0. The molecule has 1 N–H and O–H groups in total. The Morgan fingerprint density at radius 3 is 2.28 bits per heavy atom. The molecule has 3 fully saturated rings. The SMILES string of the molecule is C=C1C[C@@]2(CC)[C@@H](CC[C@@]2(O)/C=[CH]/[Sn]([CH2]CCC)([CH2]CCC)[CH2]CCC)[C@@H]2CCC3=CCCC[C@@H]3[C@@H]12. The van der Waals surface area contributed by atoms with Gasteiger partial charge in [-0.1, -0.05) is 0 Å². The van der Waals surface area contributed by atoms with Crippen molar-refractivity contribution in [3.63, 3.8) is 0 Å². The van der Waals surface area contributed by atoms with E-state index in [-0.39, 0.29) is 5.41 Å². The molecule has 0 amide bonds.